The van der Waals surface area contributed by atoms with Gasteiger partial charge in [0.2, 0.25) is 0 Å². The Morgan fingerprint density at radius 1 is 1.33 bits per heavy atom. The summed E-state index contributed by atoms with van der Waals surface area (Å²) in [6.07, 6.45) is -0.340. The van der Waals surface area contributed by atoms with Crippen molar-refractivity contribution in [3.05, 3.63) is 12.5 Å². The molecular formula is C4H6O2. The van der Waals surface area contributed by atoms with E-state index in [0.29, 0.717) is 13.2 Å². The van der Waals surface area contributed by atoms with Crippen LogP contribution in [-0.4, -0.2) is 13.2 Å². The van der Waals surface area contributed by atoms with Crippen LogP contribution in [0.15, 0.2) is 12.5 Å². The van der Waals surface area contributed by atoms with Crippen LogP contribution in [0.2, 0.25) is 0 Å². The molecule has 0 N–H and O–H groups in total. The number of hydrogen-bond donors (Lipinski definition) is 0. The minimum Gasteiger partial charge on any atom is -0.494 e. The lowest BCUT2D eigenvalue weighted by atomic mass is 10.7. The van der Waals surface area contributed by atoms with E-state index in [1.165, 1.54) is 0 Å². The van der Waals surface area contributed by atoms with Gasteiger partial charge in [-0.2, -0.15) is 0 Å². The number of ether oxygens (including phenoxy) is 2. The maximum absolute atomic E-state index is 6.82. The van der Waals surface area contributed by atoms with Crippen molar-refractivity contribution in [3.63, 3.8) is 0 Å². The molecule has 2 heteroatoms. The first-order chi connectivity index (χ1) is 3.80. The molecule has 0 saturated carbocycles. The van der Waals surface area contributed by atoms with Crippen molar-refractivity contribution in [1.82, 2.24) is 0 Å². The van der Waals surface area contributed by atoms with E-state index in [-0.39, 0.29) is 12.5 Å². The Bertz CT molecular complexity index is 107. The first-order valence-corrected chi connectivity index (χ1v) is 1.74. The molecule has 0 aromatic heterocycles. The zero-order chi connectivity index (χ0) is 5.98. The summed E-state index contributed by atoms with van der Waals surface area (Å²) in [6, 6.07) is 0. The molecular weight excluding hydrogens is 80.0 g/mol. The van der Waals surface area contributed by atoms with Gasteiger partial charge in [0.25, 0.3) is 0 Å². The fourth-order valence-electron chi connectivity index (χ4n) is 0.244. The summed E-state index contributed by atoms with van der Waals surface area (Å²) in [7, 11) is 0. The standard InChI is InChI=1S/C4H6O2/c1-2-6-4-3-5-1/h1-2H,3-4H2/i1D,2D. The van der Waals surface area contributed by atoms with Crippen LogP contribution < -0.4 is 0 Å². The molecule has 34 valence electrons. The van der Waals surface area contributed by atoms with Crippen molar-refractivity contribution in [2.45, 2.75) is 0 Å². The number of rotatable bonds is 0. The second kappa shape index (κ2) is 1.70. The Kier molecular flexibility index (Phi) is 0.528. The maximum atomic E-state index is 6.82. The van der Waals surface area contributed by atoms with E-state index >= 15 is 0 Å². The van der Waals surface area contributed by atoms with Crippen LogP contribution in [0, 0.1) is 0 Å². The summed E-state index contributed by atoms with van der Waals surface area (Å²) >= 11 is 0. The average molecular weight is 88.1 g/mol. The Labute approximate surface area is 39.2 Å². The summed E-state index contributed by atoms with van der Waals surface area (Å²) in [5.41, 5.74) is 0. The SMILES string of the molecule is [2H]C1=C([2H])OCCO1. The second-order valence-corrected chi connectivity index (χ2v) is 0.901. The van der Waals surface area contributed by atoms with E-state index in [1.807, 2.05) is 0 Å². The first kappa shape index (κ1) is 1.87. The quantitative estimate of drug-likeness (QED) is 0.429. The van der Waals surface area contributed by atoms with Crippen LogP contribution in [0.5, 0.6) is 0 Å². The van der Waals surface area contributed by atoms with Crippen molar-refractivity contribution in [2.75, 3.05) is 13.2 Å². The molecule has 0 fully saturated rings. The predicted molar refractivity (Wildman–Crippen MR) is 21.0 cm³/mol. The van der Waals surface area contributed by atoms with Gasteiger partial charge in [-0.3, -0.25) is 0 Å². The van der Waals surface area contributed by atoms with E-state index in [0.717, 1.165) is 0 Å². The van der Waals surface area contributed by atoms with Crippen molar-refractivity contribution < 1.29 is 12.2 Å². The molecule has 1 aliphatic rings. The molecule has 0 aromatic rings. The highest BCUT2D eigenvalue weighted by molar-refractivity contribution is 4.64. The van der Waals surface area contributed by atoms with E-state index in [1.54, 1.807) is 0 Å². The molecule has 0 aromatic carbocycles. The van der Waals surface area contributed by atoms with E-state index in [9.17, 15) is 0 Å². The molecule has 0 saturated heterocycles. The highest BCUT2D eigenvalue weighted by Crippen LogP contribution is 1.87. The Morgan fingerprint density at radius 2 is 1.83 bits per heavy atom. The van der Waals surface area contributed by atoms with E-state index < -0.39 is 0 Å². The second-order valence-electron chi connectivity index (χ2n) is 0.901. The third-order valence-electron chi connectivity index (χ3n) is 0.473. The lowest BCUT2D eigenvalue weighted by molar-refractivity contribution is 0.108. The summed E-state index contributed by atoms with van der Waals surface area (Å²) in [6.45, 7) is 0.780. The zero-order valence-corrected chi connectivity index (χ0v) is 3.23. The predicted octanol–water partition coefficient (Wildman–Crippen LogP) is 0.504. The van der Waals surface area contributed by atoms with Gasteiger partial charge in [0.15, 0.2) is 0 Å². The van der Waals surface area contributed by atoms with Crippen LogP contribution >= 0.6 is 0 Å². The molecule has 0 atom stereocenters. The van der Waals surface area contributed by atoms with Gasteiger partial charge in [0, 0.05) is 0 Å². The summed E-state index contributed by atoms with van der Waals surface area (Å²) in [4.78, 5) is 0. The van der Waals surface area contributed by atoms with Gasteiger partial charge in [-0.25, -0.2) is 0 Å². The summed E-state index contributed by atoms with van der Waals surface area (Å²) < 4.78 is 22.9. The number of hydrogen-bond acceptors (Lipinski definition) is 2. The van der Waals surface area contributed by atoms with E-state index in [2.05, 4.69) is 9.47 Å². The van der Waals surface area contributed by atoms with Gasteiger partial charge in [-0.15, -0.1) is 0 Å². The normalized spacial score (nSPS) is 26.7. The van der Waals surface area contributed by atoms with Crippen LogP contribution in [-0.2, 0) is 9.47 Å². The molecule has 0 bridgehead atoms. The van der Waals surface area contributed by atoms with Crippen LogP contribution in [0.25, 0.3) is 0 Å². The topological polar surface area (TPSA) is 18.5 Å². The smallest absolute Gasteiger partial charge is 0.121 e. The molecule has 0 unspecified atom stereocenters. The zero-order valence-electron chi connectivity index (χ0n) is 5.23. The monoisotopic (exact) mass is 88.0 g/mol. The van der Waals surface area contributed by atoms with Crippen LogP contribution in [0.3, 0.4) is 0 Å². The minimum absolute atomic E-state index is 0.170. The molecule has 1 heterocycles. The van der Waals surface area contributed by atoms with Gasteiger partial charge >= 0.3 is 0 Å². The maximum Gasteiger partial charge on any atom is 0.121 e. The van der Waals surface area contributed by atoms with Gasteiger partial charge in [0.1, 0.15) is 28.4 Å². The molecule has 0 radical (unpaired) electrons. The molecule has 0 spiro atoms. The average Bonchev–Trinajstić information content (AvgIpc) is 1.77. The molecule has 0 aliphatic carbocycles. The molecule has 2 nitrogen and oxygen atoms in total. The lowest BCUT2D eigenvalue weighted by Gasteiger charge is -2.04. The van der Waals surface area contributed by atoms with Crippen LogP contribution in [0.1, 0.15) is 2.74 Å². The van der Waals surface area contributed by atoms with Gasteiger partial charge in [0.05, 0.1) is 0 Å². The fraction of sp³-hybridized carbons (Fsp3) is 0.500. The summed E-state index contributed by atoms with van der Waals surface area (Å²) in [5, 5.41) is 0. The van der Waals surface area contributed by atoms with Gasteiger partial charge < -0.3 is 9.47 Å². The minimum atomic E-state index is -0.170. The lowest BCUT2D eigenvalue weighted by Crippen LogP contribution is -2.00. The fourth-order valence-corrected chi connectivity index (χ4v) is 0.244. The first-order valence-electron chi connectivity index (χ1n) is 2.74. The van der Waals surface area contributed by atoms with Gasteiger partial charge in [-0.1, -0.05) is 0 Å². The van der Waals surface area contributed by atoms with Gasteiger partial charge in [-0.05, 0) is 0 Å². The third-order valence-corrected chi connectivity index (χ3v) is 0.473. The Balaban J connectivity index is 2.60. The molecule has 1 rings (SSSR count). The Morgan fingerprint density at radius 3 is 2.17 bits per heavy atom. The van der Waals surface area contributed by atoms with Crippen molar-refractivity contribution in [1.29, 1.82) is 0 Å². The highest BCUT2D eigenvalue weighted by atomic mass is 16.5. The molecule has 1 aliphatic heterocycles. The van der Waals surface area contributed by atoms with Crippen molar-refractivity contribution in [2.24, 2.45) is 0 Å². The van der Waals surface area contributed by atoms with Crippen molar-refractivity contribution >= 4 is 0 Å². The van der Waals surface area contributed by atoms with Crippen LogP contribution in [0.4, 0.5) is 0 Å². The third kappa shape index (κ3) is 0.641. The molecule has 6 heavy (non-hydrogen) atoms. The summed E-state index contributed by atoms with van der Waals surface area (Å²) in [5.74, 6) is 0. The highest BCUT2D eigenvalue weighted by Gasteiger charge is 1.85. The largest absolute Gasteiger partial charge is 0.494 e. The molecule has 0 amide bonds. The Hall–Kier alpha value is -0.660. The van der Waals surface area contributed by atoms with E-state index in [4.69, 9.17) is 2.74 Å². The van der Waals surface area contributed by atoms with Crippen molar-refractivity contribution in [3.8, 4) is 0 Å².